The van der Waals surface area contributed by atoms with Crippen molar-refractivity contribution in [2.24, 2.45) is 0 Å². The maximum Gasteiger partial charge on any atom is -0.0222 e. The Morgan fingerprint density at radius 3 is 2.83 bits per heavy atom. The van der Waals surface area contributed by atoms with Crippen LogP contribution in [0.3, 0.4) is 0 Å². The third-order valence-electron chi connectivity index (χ3n) is 2.51. The van der Waals surface area contributed by atoms with Gasteiger partial charge in [-0.15, -0.1) is 0 Å². The summed E-state index contributed by atoms with van der Waals surface area (Å²) in [5, 5.41) is 0. The lowest BCUT2D eigenvalue weighted by Gasteiger charge is -2.14. The second-order valence-corrected chi connectivity index (χ2v) is 3.59. The number of hydrogen-bond donors (Lipinski definition) is 0. The fourth-order valence-corrected chi connectivity index (χ4v) is 1.96. The van der Waals surface area contributed by atoms with Crippen molar-refractivity contribution < 1.29 is 0 Å². The SMILES string of the molecule is Cc1cc(C)c2c(c1)C=CCC2. The Morgan fingerprint density at radius 2 is 2.00 bits per heavy atom. The fourth-order valence-electron chi connectivity index (χ4n) is 1.96. The number of rotatable bonds is 0. The largest absolute Gasteiger partial charge is 0.0836 e. The first-order valence-electron chi connectivity index (χ1n) is 4.54. The molecule has 0 heteroatoms. The zero-order valence-corrected chi connectivity index (χ0v) is 7.72. The minimum atomic E-state index is 1.21. The summed E-state index contributed by atoms with van der Waals surface area (Å²) in [6.45, 7) is 4.38. The van der Waals surface area contributed by atoms with E-state index in [2.05, 4.69) is 38.1 Å². The van der Waals surface area contributed by atoms with Crippen LogP contribution in [0.2, 0.25) is 0 Å². The van der Waals surface area contributed by atoms with E-state index in [0.717, 1.165) is 0 Å². The van der Waals surface area contributed by atoms with E-state index in [4.69, 9.17) is 0 Å². The Kier molecular flexibility index (Phi) is 1.76. The molecule has 0 fully saturated rings. The normalized spacial score (nSPS) is 14.5. The molecule has 0 radical (unpaired) electrons. The minimum absolute atomic E-state index is 1.21. The molecule has 1 aromatic rings. The molecular weight excluding hydrogens is 144 g/mol. The first kappa shape index (κ1) is 7.60. The minimum Gasteiger partial charge on any atom is -0.0836 e. The molecular formula is C12H14. The van der Waals surface area contributed by atoms with Gasteiger partial charge >= 0.3 is 0 Å². The van der Waals surface area contributed by atoms with Gasteiger partial charge in [0, 0.05) is 0 Å². The zero-order valence-electron chi connectivity index (χ0n) is 7.72. The van der Waals surface area contributed by atoms with Crippen LogP contribution >= 0.6 is 0 Å². The van der Waals surface area contributed by atoms with Crippen molar-refractivity contribution in [3.05, 3.63) is 40.5 Å². The topological polar surface area (TPSA) is 0 Å². The van der Waals surface area contributed by atoms with Crippen LogP contribution in [0.1, 0.15) is 28.7 Å². The quantitative estimate of drug-likeness (QED) is 0.543. The van der Waals surface area contributed by atoms with Gasteiger partial charge in [-0.05, 0) is 43.4 Å². The second kappa shape index (κ2) is 2.78. The summed E-state index contributed by atoms with van der Waals surface area (Å²) < 4.78 is 0. The van der Waals surface area contributed by atoms with Crippen molar-refractivity contribution in [1.29, 1.82) is 0 Å². The van der Waals surface area contributed by atoms with Crippen molar-refractivity contribution in [2.45, 2.75) is 26.7 Å². The van der Waals surface area contributed by atoms with E-state index >= 15 is 0 Å². The molecule has 0 spiro atoms. The van der Waals surface area contributed by atoms with Crippen molar-refractivity contribution in [1.82, 2.24) is 0 Å². The number of hydrogen-bond acceptors (Lipinski definition) is 0. The average molecular weight is 158 g/mol. The Morgan fingerprint density at radius 1 is 1.17 bits per heavy atom. The molecule has 0 bridgehead atoms. The maximum atomic E-state index is 2.28. The predicted octanol–water partition coefficient (Wildman–Crippen LogP) is 3.26. The summed E-state index contributed by atoms with van der Waals surface area (Å²) >= 11 is 0. The van der Waals surface area contributed by atoms with Crippen molar-refractivity contribution in [3.8, 4) is 0 Å². The molecule has 0 saturated heterocycles. The van der Waals surface area contributed by atoms with E-state index in [-0.39, 0.29) is 0 Å². The monoisotopic (exact) mass is 158 g/mol. The summed E-state index contributed by atoms with van der Waals surface area (Å²) in [7, 11) is 0. The van der Waals surface area contributed by atoms with Crippen LogP contribution in [-0.4, -0.2) is 0 Å². The van der Waals surface area contributed by atoms with Crippen LogP contribution in [0.5, 0.6) is 0 Å². The second-order valence-electron chi connectivity index (χ2n) is 3.59. The molecule has 0 unspecified atom stereocenters. The molecule has 0 aliphatic heterocycles. The molecule has 2 rings (SSSR count). The van der Waals surface area contributed by atoms with Gasteiger partial charge in [-0.3, -0.25) is 0 Å². The molecule has 12 heavy (non-hydrogen) atoms. The lowest BCUT2D eigenvalue weighted by Crippen LogP contribution is -1.97. The zero-order chi connectivity index (χ0) is 8.55. The molecule has 0 saturated carbocycles. The molecule has 0 N–H and O–H groups in total. The molecule has 1 aromatic carbocycles. The molecule has 1 aliphatic rings. The maximum absolute atomic E-state index is 2.28. The molecule has 0 aromatic heterocycles. The molecule has 0 heterocycles. The van der Waals surface area contributed by atoms with E-state index in [1.165, 1.54) is 29.5 Å². The van der Waals surface area contributed by atoms with Crippen molar-refractivity contribution >= 4 is 6.08 Å². The summed E-state index contributed by atoms with van der Waals surface area (Å²) in [4.78, 5) is 0. The molecule has 0 nitrogen and oxygen atoms in total. The highest BCUT2D eigenvalue weighted by Gasteiger charge is 2.06. The summed E-state index contributed by atoms with van der Waals surface area (Å²) in [5.41, 5.74) is 5.80. The molecule has 0 amide bonds. The lowest BCUT2D eigenvalue weighted by molar-refractivity contribution is 0.968. The van der Waals surface area contributed by atoms with Gasteiger partial charge in [0.1, 0.15) is 0 Å². The van der Waals surface area contributed by atoms with E-state index in [0.29, 0.717) is 0 Å². The molecule has 1 aliphatic carbocycles. The first-order valence-corrected chi connectivity index (χ1v) is 4.54. The van der Waals surface area contributed by atoms with Gasteiger partial charge in [0.05, 0.1) is 0 Å². The average Bonchev–Trinajstić information content (AvgIpc) is 2.04. The van der Waals surface area contributed by atoms with Gasteiger partial charge in [-0.2, -0.15) is 0 Å². The van der Waals surface area contributed by atoms with E-state index in [1.54, 1.807) is 5.56 Å². The van der Waals surface area contributed by atoms with Gasteiger partial charge in [-0.25, -0.2) is 0 Å². The van der Waals surface area contributed by atoms with Crippen LogP contribution in [0.25, 0.3) is 6.08 Å². The van der Waals surface area contributed by atoms with Crippen LogP contribution in [-0.2, 0) is 6.42 Å². The summed E-state index contributed by atoms with van der Waals surface area (Å²) in [6.07, 6.45) is 6.94. The Labute approximate surface area is 73.9 Å². The van der Waals surface area contributed by atoms with Crippen molar-refractivity contribution in [2.75, 3.05) is 0 Å². The number of aryl methyl sites for hydroxylation is 2. The van der Waals surface area contributed by atoms with Crippen LogP contribution < -0.4 is 0 Å². The summed E-state index contributed by atoms with van der Waals surface area (Å²) in [5.74, 6) is 0. The Balaban J connectivity index is 2.62. The Bertz CT molecular complexity index is 332. The predicted molar refractivity (Wildman–Crippen MR) is 53.3 cm³/mol. The van der Waals surface area contributed by atoms with Crippen LogP contribution in [0.15, 0.2) is 18.2 Å². The van der Waals surface area contributed by atoms with E-state index in [1.807, 2.05) is 0 Å². The van der Waals surface area contributed by atoms with Crippen LogP contribution in [0.4, 0.5) is 0 Å². The van der Waals surface area contributed by atoms with Crippen molar-refractivity contribution in [3.63, 3.8) is 0 Å². The van der Waals surface area contributed by atoms with E-state index < -0.39 is 0 Å². The van der Waals surface area contributed by atoms with Gasteiger partial charge in [-0.1, -0.05) is 29.8 Å². The highest BCUT2D eigenvalue weighted by atomic mass is 14.1. The highest BCUT2D eigenvalue weighted by molar-refractivity contribution is 5.59. The van der Waals surface area contributed by atoms with Crippen LogP contribution in [0, 0.1) is 13.8 Å². The van der Waals surface area contributed by atoms with Gasteiger partial charge in [0.25, 0.3) is 0 Å². The third-order valence-corrected chi connectivity index (χ3v) is 2.51. The fraction of sp³-hybridized carbons (Fsp3) is 0.333. The Hall–Kier alpha value is -1.04. The van der Waals surface area contributed by atoms with E-state index in [9.17, 15) is 0 Å². The standard InChI is InChI=1S/C12H14/c1-9-7-10(2)12-6-4-3-5-11(12)8-9/h3,5,7-8H,4,6H2,1-2H3. The summed E-state index contributed by atoms with van der Waals surface area (Å²) in [6, 6.07) is 4.55. The first-order chi connectivity index (χ1) is 5.77. The smallest absolute Gasteiger partial charge is 0.0222 e. The lowest BCUT2D eigenvalue weighted by atomic mass is 9.92. The van der Waals surface area contributed by atoms with Gasteiger partial charge in [0.15, 0.2) is 0 Å². The number of fused-ring (bicyclic) bond motifs is 1. The van der Waals surface area contributed by atoms with Gasteiger partial charge < -0.3 is 0 Å². The molecule has 62 valence electrons. The highest BCUT2D eigenvalue weighted by Crippen LogP contribution is 2.23. The number of benzene rings is 1. The molecule has 0 atom stereocenters. The van der Waals surface area contributed by atoms with Gasteiger partial charge in [0.2, 0.25) is 0 Å². The number of allylic oxidation sites excluding steroid dienone is 1. The third kappa shape index (κ3) is 1.18.